The molecule has 0 radical (unpaired) electrons. The number of hydrogen-bond donors (Lipinski definition) is 1. The lowest BCUT2D eigenvalue weighted by Crippen LogP contribution is -2.00. The van der Waals surface area contributed by atoms with Crippen LogP contribution in [-0.2, 0) is 0 Å². The second-order valence-electron chi connectivity index (χ2n) is 4.75. The van der Waals surface area contributed by atoms with Crippen molar-refractivity contribution in [3.63, 3.8) is 0 Å². The topological polar surface area (TPSA) is 59.4 Å². The lowest BCUT2D eigenvalue weighted by molar-refractivity contribution is 0.0696. The van der Waals surface area contributed by atoms with E-state index in [1.807, 2.05) is 32.0 Å². The molecular weight excluding hydrogens is 358 g/mol. The maximum Gasteiger partial charge on any atom is 0.337 e. The summed E-state index contributed by atoms with van der Waals surface area (Å²) in [5.74, 6) is -0.0312. The summed E-state index contributed by atoms with van der Waals surface area (Å²) >= 11 is 9.22. The summed E-state index contributed by atoms with van der Waals surface area (Å²) < 4.78 is 6.67. The van der Waals surface area contributed by atoms with E-state index in [2.05, 4.69) is 20.9 Å². The lowest BCUT2D eigenvalue weighted by Gasteiger charge is -2.14. The van der Waals surface area contributed by atoms with Gasteiger partial charge in [0.1, 0.15) is 5.75 Å². The van der Waals surface area contributed by atoms with Crippen molar-refractivity contribution in [2.45, 2.75) is 19.8 Å². The van der Waals surface area contributed by atoms with Crippen LogP contribution in [0.5, 0.6) is 11.6 Å². The number of halogens is 2. The highest BCUT2D eigenvalue weighted by molar-refractivity contribution is 9.10. The van der Waals surface area contributed by atoms with Gasteiger partial charge in [-0.15, -0.1) is 0 Å². The summed E-state index contributed by atoms with van der Waals surface area (Å²) in [5.41, 5.74) is 0.961. The van der Waals surface area contributed by atoms with E-state index in [1.54, 1.807) is 0 Å². The Kier molecular flexibility index (Phi) is 4.85. The summed E-state index contributed by atoms with van der Waals surface area (Å²) in [4.78, 5) is 15.1. The monoisotopic (exact) mass is 369 g/mol. The quantitative estimate of drug-likeness (QED) is 0.812. The first-order chi connectivity index (χ1) is 9.88. The Hall–Kier alpha value is -1.59. The molecule has 0 bridgehead atoms. The minimum atomic E-state index is -1.12. The van der Waals surface area contributed by atoms with Crippen molar-refractivity contribution < 1.29 is 14.6 Å². The van der Waals surface area contributed by atoms with Crippen LogP contribution in [0.4, 0.5) is 0 Å². The molecule has 1 aromatic heterocycles. The number of pyridine rings is 1. The zero-order valence-corrected chi connectivity index (χ0v) is 13.8. The third-order valence-corrected chi connectivity index (χ3v) is 3.66. The van der Waals surface area contributed by atoms with E-state index in [9.17, 15) is 4.79 Å². The van der Waals surface area contributed by atoms with Gasteiger partial charge >= 0.3 is 5.97 Å². The lowest BCUT2D eigenvalue weighted by atomic mass is 10.0. The molecule has 0 amide bonds. The smallest absolute Gasteiger partial charge is 0.337 e. The van der Waals surface area contributed by atoms with Crippen molar-refractivity contribution in [3.8, 4) is 11.6 Å². The second-order valence-corrected chi connectivity index (χ2v) is 6.07. The molecule has 0 spiro atoms. The third kappa shape index (κ3) is 3.74. The first-order valence-electron chi connectivity index (χ1n) is 6.24. The maximum atomic E-state index is 11.1. The molecule has 4 nitrogen and oxygen atoms in total. The van der Waals surface area contributed by atoms with Crippen LogP contribution < -0.4 is 4.74 Å². The largest absolute Gasteiger partial charge is 0.478 e. The van der Waals surface area contributed by atoms with Gasteiger partial charge in [-0.2, -0.15) is 0 Å². The highest BCUT2D eigenvalue weighted by Gasteiger charge is 2.14. The van der Waals surface area contributed by atoms with E-state index in [1.165, 1.54) is 12.3 Å². The molecule has 110 valence electrons. The van der Waals surface area contributed by atoms with E-state index >= 15 is 0 Å². The molecule has 1 heterocycles. The van der Waals surface area contributed by atoms with Gasteiger partial charge in [-0.3, -0.25) is 0 Å². The Morgan fingerprint density at radius 3 is 2.71 bits per heavy atom. The number of rotatable bonds is 4. The first-order valence-corrected chi connectivity index (χ1v) is 7.41. The van der Waals surface area contributed by atoms with Crippen LogP contribution in [0, 0.1) is 0 Å². The summed E-state index contributed by atoms with van der Waals surface area (Å²) in [6.45, 7) is 4.10. The molecule has 6 heteroatoms. The molecule has 2 rings (SSSR count). The molecule has 1 N–H and O–H groups in total. The Bertz CT molecular complexity index is 689. The van der Waals surface area contributed by atoms with Crippen LogP contribution in [0.15, 0.2) is 34.9 Å². The standard InChI is InChI=1S/C15H13BrClNO3/c1-8(2)10-5-9(16)3-4-13(10)21-14-6-11(15(19)20)12(17)7-18-14/h3-8H,1-2H3,(H,19,20). The Labute approximate surface area is 135 Å². The number of carbonyl (C=O) groups is 1. The van der Waals surface area contributed by atoms with Gasteiger partial charge in [0.2, 0.25) is 5.88 Å². The second kappa shape index (κ2) is 6.45. The van der Waals surface area contributed by atoms with Crippen molar-refractivity contribution in [2.24, 2.45) is 0 Å². The Balaban J connectivity index is 2.39. The number of hydrogen-bond acceptors (Lipinski definition) is 3. The van der Waals surface area contributed by atoms with Crippen LogP contribution in [0.25, 0.3) is 0 Å². The van der Waals surface area contributed by atoms with Gasteiger partial charge in [0.15, 0.2) is 0 Å². The zero-order valence-electron chi connectivity index (χ0n) is 11.4. The number of aromatic nitrogens is 1. The van der Waals surface area contributed by atoms with Crippen LogP contribution in [0.3, 0.4) is 0 Å². The number of ether oxygens (including phenoxy) is 1. The normalized spacial score (nSPS) is 10.7. The Morgan fingerprint density at radius 1 is 1.38 bits per heavy atom. The summed E-state index contributed by atoms with van der Waals surface area (Å²) in [7, 11) is 0. The molecule has 0 saturated carbocycles. The van der Waals surface area contributed by atoms with Crippen molar-refractivity contribution >= 4 is 33.5 Å². The third-order valence-electron chi connectivity index (χ3n) is 2.87. The molecule has 0 fully saturated rings. The van der Waals surface area contributed by atoms with Crippen molar-refractivity contribution in [1.29, 1.82) is 0 Å². The van der Waals surface area contributed by atoms with Crippen LogP contribution in [-0.4, -0.2) is 16.1 Å². The average Bonchev–Trinajstić information content (AvgIpc) is 2.42. The van der Waals surface area contributed by atoms with Crippen LogP contribution in [0.1, 0.15) is 35.7 Å². The first kappa shape index (κ1) is 15.8. The highest BCUT2D eigenvalue weighted by atomic mass is 79.9. The number of carboxylic acids is 1. The van der Waals surface area contributed by atoms with E-state index in [-0.39, 0.29) is 22.4 Å². The number of aromatic carboxylic acids is 1. The Morgan fingerprint density at radius 2 is 2.10 bits per heavy atom. The van der Waals surface area contributed by atoms with Crippen LogP contribution in [0.2, 0.25) is 5.02 Å². The van der Waals surface area contributed by atoms with Crippen molar-refractivity contribution in [2.75, 3.05) is 0 Å². The molecule has 0 aliphatic rings. The van der Waals surface area contributed by atoms with E-state index in [0.29, 0.717) is 5.75 Å². The van der Waals surface area contributed by atoms with Gasteiger partial charge in [0, 0.05) is 10.5 Å². The summed E-state index contributed by atoms with van der Waals surface area (Å²) in [6, 6.07) is 6.95. The van der Waals surface area contributed by atoms with E-state index in [4.69, 9.17) is 21.4 Å². The fourth-order valence-corrected chi connectivity index (χ4v) is 2.38. The number of benzene rings is 1. The average molecular weight is 371 g/mol. The van der Waals surface area contributed by atoms with Gasteiger partial charge in [0.05, 0.1) is 16.8 Å². The number of nitrogens with zero attached hydrogens (tertiary/aromatic N) is 1. The maximum absolute atomic E-state index is 11.1. The SMILES string of the molecule is CC(C)c1cc(Br)ccc1Oc1cc(C(=O)O)c(Cl)cn1. The fraction of sp³-hybridized carbons (Fsp3) is 0.200. The summed E-state index contributed by atoms with van der Waals surface area (Å²) in [5, 5.41) is 9.14. The van der Waals surface area contributed by atoms with E-state index < -0.39 is 5.97 Å². The minimum Gasteiger partial charge on any atom is -0.478 e. The van der Waals surface area contributed by atoms with Crippen molar-refractivity contribution in [3.05, 3.63) is 51.1 Å². The van der Waals surface area contributed by atoms with Crippen molar-refractivity contribution in [1.82, 2.24) is 4.98 Å². The molecule has 0 saturated heterocycles. The molecule has 1 aromatic carbocycles. The van der Waals surface area contributed by atoms with E-state index in [0.717, 1.165) is 10.0 Å². The van der Waals surface area contributed by atoms with Gasteiger partial charge in [-0.1, -0.05) is 41.4 Å². The van der Waals surface area contributed by atoms with Gasteiger partial charge in [0.25, 0.3) is 0 Å². The molecule has 21 heavy (non-hydrogen) atoms. The number of carboxylic acid groups (broad SMARTS) is 1. The minimum absolute atomic E-state index is 0.0372. The molecule has 2 aromatic rings. The summed E-state index contributed by atoms with van der Waals surface area (Å²) in [6.07, 6.45) is 1.27. The molecule has 0 unspecified atom stereocenters. The molecular formula is C15H13BrClNO3. The zero-order chi connectivity index (χ0) is 15.6. The van der Waals surface area contributed by atoms with Crippen LogP contribution >= 0.6 is 27.5 Å². The van der Waals surface area contributed by atoms with Gasteiger partial charge in [-0.05, 0) is 29.7 Å². The van der Waals surface area contributed by atoms with Gasteiger partial charge < -0.3 is 9.84 Å². The highest BCUT2D eigenvalue weighted by Crippen LogP contribution is 2.33. The predicted molar refractivity (Wildman–Crippen MR) is 84.5 cm³/mol. The van der Waals surface area contributed by atoms with Gasteiger partial charge in [-0.25, -0.2) is 9.78 Å². The molecule has 0 aliphatic carbocycles. The fourth-order valence-electron chi connectivity index (χ4n) is 1.82. The molecule has 0 aliphatic heterocycles. The molecule has 0 atom stereocenters. The predicted octanol–water partition coefficient (Wildman–Crippen LogP) is 5.11.